The van der Waals surface area contributed by atoms with Crippen molar-refractivity contribution >= 4 is 11.1 Å². The van der Waals surface area contributed by atoms with Crippen molar-refractivity contribution in [3.8, 4) is 0 Å². The van der Waals surface area contributed by atoms with Gasteiger partial charge >= 0.3 is 0 Å². The van der Waals surface area contributed by atoms with Gasteiger partial charge in [0.25, 0.3) is 0 Å². The molecule has 0 spiro atoms. The zero-order valence-corrected chi connectivity index (χ0v) is 11.5. The second kappa shape index (κ2) is 7.49. The standard InChI is InChI=1S/C16H22N2/c1-5-9-11-13(7-3)15-12-17-16(18-15)14(8-4)10-6-2/h6-8,10-12H,3,5,9H2,1-2,4H3,(H,17,18)/b10-6-,13-11+,14-8+. The second-order valence-electron chi connectivity index (χ2n) is 4.04. The lowest BCUT2D eigenvalue weighted by atomic mass is 10.1. The number of aromatic amines is 1. The highest BCUT2D eigenvalue weighted by atomic mass is 14.9. The first-order valence-corrected chi connectivity index (χ1v) is 6.44. The van der Waals surface area contributed by atoms with Crippen molar-refractivity contribution in [2.24, 2.45) is 0 Å². The lowest BCUT2D eigenvalue weighted by molar-refractivity contribution is 0.960. The number of unbranched alkanes of at least 4 members (excludes halogenated alkanes) is 1. The number of rotatable bonds is 6. The number of imidazole rings is 1. The monoisotopic (exact) mass is 242 g/mol. The Bertz CT molecular complexity index is 473. The molecule has 0 saturated carbocycles. The highest BCUT2D eigenvalue weighted by Gasteiger charge is 2.05. The number of allylic oxidation sites excluding steroid dienone is 7. The van der Waals surface area contributed by atoms with E-state index in [0.29, 0.717) is 0 Å². The van der Waals surface area contributed by atoms with E-state index in [9.17, 15) is 0 Å². The summed E-state index contributed by atoms with van der Waals surface area (Å²) in [6, 6.07) is 0. The minimum atomic E-state index is 0.898. The maximum Gasteiger partial charge on any atom is 0.137 e. The number of nitrogens with one attached hydrogen (secondary N) is 1. The topological polar surface area (TPSA) is 28.7 Å². The molecule has 0 bridgehead atoms. The molecule has 0 fully saturated rings. The van der Waals surface area contributed by atoms with Gasteiger partial charge in [0.2, 0.25) is 0 Å². The molecule has 0 aliphatic heterocycles. The van der Waals surface area contributed by atoms with Gasteiger partial charge in [0.15, 0.2) is 0 Å². The quantitative estimate of drug-likeness (QED) is 0.716. The van der Waals surface area contributed by atoms with E-state index in [2.05, 4.69) is 29.5 Å². The van der Waals surface area contributed by atoms with Crippen LogP contribution in [0.1, 0.15) is 45.1 Å². The van der Waals surface area contributed by atoms with Crippen molar-refractivity contribution in [3.63, 3.8) is 0 Å². The van der Waals surface area contributed by atoms with Gasteiger partial charge in [0.1, 0.15) is 5.82 Å². The summed E-state index contributed by atoms with van der Waals surface area (Å²) in [4.78, 5) is 7.76. The van der Waals surface area contributed by atoms with E-state index in [1.165, 1.54) is 0 Å². The van der Waals surface area contributed by atoms with Crippen LogP contribution in [-0.2, 0) is 0 Å². The van der Waals surface area contributed by atoms with Crippen molar-refractivity contribution in [3.05, 3.63) is 54.7 Å². The van der Waals surface area contributed by atoms with E-state index >= 15 is 0 Å². The first-order valence-electron chi connectivity index (χ1n) is 6.44. The summed E-state index contributed by atoms with van der Waals surface area (Å²) in [5.74, 6) is 0.898. The van der Waals surface area contributed by atoms with Gasteiger partial charge in [-0.2, -0.15) is 0 Å². The molecule has 0 unspecified atom stereocenters. The molecule has 96 valence electrons. The van der Waals surface area contributed by atoms with E-state index in [1.54, 1.807) is 0 Å². The Kier molecular flexibility index (Phi) is 5.92. The Balaban J connectivity index is 3.01. The number of hydrogen-bond donors (Lipinski definition) is 1. The van der Waals surface area contributed by atoms with Crippen molar-refractivity contribution in [2.75, 3.05) is 0 Å². The van der Waals surface area contributed by atoms with Crippen molar-refractivity contribution in [1.29, 1.82) is 0 Å². The molecular weight excluding hydrogens is 220 g/mol. The number of nitrogens with zero attached hydrogens (tertiary/aromatic N) is 1. The van der Waals surface area contributed by atoms with Gasteiger partial charge in [-0.05, 0) is 25.8 Å². The second-order valence-corrected chi connectivity index (χ2v) is 4.04. The Labute approximate surface area is 110 Å². The van der Waals surface area contributed by atoms with Gasteiger partial charge in [-0.25, -0.2) is 4.98 Å². The molecule has 1 aromatic rings. The largest absolute Gasteiger partial charge is 0.338 e. The van der Waals surface area contributed by atoms with Gasteiger partial charge in [-0.3, -0.25) is 0 Å². The molecular formula is C16H22N2. The molecule has 2 heteroatoms. The van der Waals surface area contributed by atoms with E-state index < -0.39 is 0 Å². The Hall–Kier alpha value is -1.83. The fraction of sp³-hybridized carbons (Fsp3) is 0.312. The fourth-order valence-electron chi connectivity index (χ4n) is 1.71. The molecule has 2 nitrogen and oxygen atoms in total. The summed E-state index contributed by atoms with van der Waals surface area (Å²) in [6.45, 7) is 10.0. The van der Waals surface area contributed by atoms with Gasteiger partial charge in [-0.15, -0.1) is 0 Å². The summed E-state index contributed by atoms with van der Waals surface area (Å²) in [5.41, 5.74) is 3.24. The van der Waals surface area contributed by atoms with Crippen LogP contribution in [-0.4, -0.2) is 9.97 Å². The van der Waals surface area contributed by atoms with Gasteiger partial charge in [0, 0.05) is 5.57 Å². The molecule has 1 aromatic heterocycles. The number of H-pyrrole nitrogens is 1. The Morgan fingerprint density at radius 2 is 2.17 bits per heavy atom. The minimum Gasteiger partial charge on any atom is -0.338 e. The van der Waals surface area contributed by atoms with Crippen LogP contribution in [0.2, 0.25) is 0 Å². The highest BCUT2D eigenvalue weighted by Crippen LogP contribution is 2.18. The molecule has 0 saturated heterocycles. The average Bonchev–Trinajstić information content (AvgIpc) is 2.86. The summed E-state index contributed by atoms with van der Waals surface area (Å²) in [7, 11) is 0. The molecule has 0 radical (unpaired) electrons. The molecule has 1 rings (SSSR count). The molecule has 1 N–H and O–H groups in total. The van der Waals surface area contributed by atoms with Crippen LogP contribution in [0.5, 0.6) is 0 Å². The molecule has 1 heterocycles. The van der Waals surface area contributed by atoms with Crippen LogP contribution in [0.25, 0.3) is 11.1 Å². The molecule has 0 aliphatic carbocycles. The van der Waals surface area contributed by atoms with Crippen molar-refractivity contribution in [1.82, 2.24) is 9.97 Å². The van der Waals surface area contributed by atoms with E-state index in [1.807, 2.05) is 44.3 Å². The summed E-state index contributed by atoms with van der Waals surface area (Å²) >= 11 is 0. The minimum absolute atomic E-state index is 0.898. The van der Waals surface area contributed by atoms with Crippen molar-refractivity contribution in [2.45, 2.75) is 33.6 Å². The number of hydrogen-bond acceptors (Lipinski definition) is 1. The maximum atomic E-state index is 4.42. The van der Waals surface area contributed by atoms with Crippen LogP contribution >= 0.6 is 0 Å². The Morgan fingerprint density at radius 1 is 1.39 bits per heavy atom. The van der Waals surface area contributed by atoms with Crippen LogP contribution in [0.15, 0.2) is 43.2 Å². The van der Waals surface area contributed by atoms with Gasteiger partial charge in [-0.1, -0.05) is 50.3 Å². The fourth-order valence-corrected chi connectivity index (χ4v) is 1.71. The summed E-state index contributed by atoms with van der Waals surface area (Å²) in [5, 5.41) is 0. The van der Waals surface area contributed by atoms with E-state index in [0.717, 1.165) is 35.5 Å². The van der Waals surface area contributed by atoms with Crippen LogP contribution in [0.3, 0.4) is 0 Å². The summed E-state index contributed by atoms with van der Waals surface area (Å²) in [6.07, 6.45) is 14.2. The molecule has 18 heavy (non-hydrogen) atoms. The third-order valence-electron chi connectivity index (χ3n) is 2.69. The van der Waals surface area contributed by atoms with Gasteiger partial charge < -0.3 is 4.98 Å². The normalized spacial score (nSPS) is 13.3. The van der Waals surface area contributed by atoms with Crippen LogP contribution in [0.4, 0.5) is 0 Å². The highest BCUT2D eigenvalue weighted by molar-refractivity contribution is 5.74. The lowest BCUT2D eigenvalue weighted by Gasteiger charge is -1.99. The summed E-state index contributed by atoms with van der Waals surface area (Å²) < 4.78 is 0. The molecule has 0 aromatic carbocycles. The van der Waals surface area contributed by atoms with E-state index in [4.69, 9.17) is 0 Å². The van der Waals surface area contributed by atoms with Crippen molar-refractivity contribution < 1.29 is 0 Å². The average molecular weight is 242 g/mol. The zero-order valence-electron chi connectivity index (χ0n) is 11.5. The molecule has 0 aliphatic rings. The molecule has 0 amide bonds. The third kappa shape index (κ3) is 3.59. The smallest absolute Gasteiger partial charge is 0.137 e. The maximum absolute atomic E-state index is 4.42. The predicted octanol–water partition coefficient (Wildman–Crippen LogP) is 4.76. The predicted molar refractivity (Wildman–Crippen MR) is 80.1 cm³/mol. The lowest BCUT2D eigenvalue weighted by Crippen LogP contribution is -1.85. The van der Waals surface area contributed by atoms with Crippen LogP contribution < -0.4 is 0 Å². The first kappa shape index (κ1) is 14.2. The number of aromatic nitrogens is 2. The van der Waals surface area contributed by atoms with Gasteiger partial charge in [0.05, 0.1) is 11.9 Å². The third-order valence-corrected chi connectivity index (χ3v) is 2.69. The van der Waals surface area contributed by atoms with Crippen LogP contribution in [0, 0.1) is 0 Å². The Morgan fingerprint density at radius 3 is 2.72 bits per heavy atom. The zero-order chi connectivity index (χ0) is 13.4. The van der Waals surface area contributed by atoms with E-state index in [-0.39, 0.29) is 0 Å². The first-order chi connectivity index (χ1) is 8.76. The molecule has 0 atom stereocenters. The SMILES string of the molecule is C=C/C(=C\CCC)c1cnc(C(/C=C\C)=C/C)[nH]1.